The van der Waals surface area contributed by atoms with Gasteiger partial charge in [-0.25, -0.2) is 4.98 Å². The lowest BCUT2D eigenvalue weighted by Crippen LogP contribution is -2.32. The third kappa shape index (κ3) is 5.66. The van der Waals surface area contributed by atoms with Crippen molar-refractivity contribution in [2.24, 2.45) is 0 Å². The average molecular weight is 503 g/mol. The van der Waals surface area contributed by atoms with Gasteiger partial charge in [-0.2, -0.15) is 10.1 Å². The number of pyridine rings is 1. The van der Waals surface area contributed by atoms with Crippen LogP contribution in [0.1, 0.15) is 46.8 Å². The van der Waals surface area contributed by atoms with Crippen LogP contribution in [-0.2, 0) is 6.54 Å². The highest BCUT2D eigenvalue weighted by atomic mass is 35.5. The molecule has 1 fully saturated rings. The third-order valence-electron chi connectivity index (χ3n) is 6.70. The van der Waals surface area contributed by atoms with Gasteiger partial charge in [-0.3, -0.25) is 15.0 Å². The number of benzene rings is 1. The number of rotatable bonds is 7. The van der Waals surface area contributed by atoms with Crippen LogP contribution in [-0.4, -0.2) is 43.1 Å². The van der Waals surface area contributed by atoms with Gasteiger partial charge in [0.15, 0.2) is 11.6 Å². The van der Waals surface area contributed by atoms with Crippen molar-refractivity contribution in [1.29, 1.82) is 0 Å². The van der Waals surface area contributed by atoms with Gasteiger partial charge in [-0.15, -0.1) is 0 Å². The number of piperidine rings is 1. The lowest BCUT2D eigenvalue weighted by atomic mass is 9.85. The molecule has 0 aliphatic carbocycles. The number of aryl methyl sites for hydroxylation is 3. The number of aromatic nitrogens is 5. The van der Waals surface area contributed by atoms with E-state index in [9.17, 15) is 0 Å². The van der Waals surface area contributed by atoms with Crippen molar-refractivity contribution in [3.63, 3.8) is 0 Å². The Morgan fingerprint density at radius 2 is 1.86 bits per heavy atom. The summed E-state index contributed by atoms with van der Waals surface area (Å²) in [5.41, 5.74) is 6.97. The van der Waals surface area contributed by atoms with E-state index in [1.54, 1.807) is 6.20 Å². The molecule has 0 atom stereocenters. The van der Waals surface area contributed by atoms with E-state index in [1.807, 2.05) is 25.3 Å². The molecule has 0 radical (unpaired) electrons. The van der Waals surface area contributed by atoms with Crippen molar-refractivity contribution in [2.45, 2.75) is 46.1 Å². The molecule has 3 aromatic heterocycles. The highest BCUT2D eigenvalue weighted by molar-refractivity contribution is 6.32. The molecule has 4 aromatic rings. The summed E-state index contributed by atoms with van der Waals surface area (Å²) in [4.78, 5) is 15.9. The van der Waals surface area contributed by atoms with Crippen molar-refractivity contribution >= 4 is 34.9 Å². The molecule has 5 rings (SSSR count). The SMILES string of the molecule is Cc1cc(Nc2nc(Nc3cc(C)c(C4CCN(Cc5ccccn5)CC4)cc3C)ncc2Cl)n[nH]1. The van der Waals surface area contributed by atoms with Crippen molar-refractivity contribution in [1.82, 2.24) is 30.0 Å². The maximum atomic E-state index is 6.31. The van der Waals surface area contributed by atoms with Crippen molar-refractivity contribution < 1.29 is 0 Å². The Balaban J connectivity index is 1.25. The van der Waals surface area contributed by atoms with Gasteiger partial charge in [-0.1, -0.05) is 23.7 Å². The van der Waals surface area contributed by atoms with Gasteiger partial charge in [0.25, 0.3) is 0 Å². The van der Waals surface area contributed by atoms with Gasteiger partial charge in [-0.05, 0) is 87.5 Å². The number of hydrogen-bond acceptors (Lipinski definition) is 7. The monoisotopic (exact) mass is 502 g/mol. The molecule has 1 aliphatic rings. The van der Waals surface area contributed by atoms with E-state index in [1.165, 1.54) is 16.7 Å². The molecule has 9 heteroatoms. The Morgan fingerprint density at radius 1 is 1.03 bits per heavy atom. The second kappa shape index (κ2) is 10.6. The fraction of sp³-hybridized carbons (Fsp3) is 0.333. The fourth-order valence-electron chi connectivity index (χ4n) is 4.77. The van der Waals surface area contributed by atoms with E-state index in [-0.39, 0.29) is 0 Å². The molecule has 0 amide bonds. The highest BCUT2D eigenvalue weighted by Gasteiger charge is 2.23. The largest absolute Gasteiger partial charge is 0.324 e. The van der Waals surface area contributed by atoms with Gasteiger partial charge in [0.05, 0.1) is 11.9 Å². The Labute approximate surface area is 216 Å². The van der Waals surface area contributed by atoms with Crippen LogP contribution < -0.4 is 10.6 Å². The summed E-state index contributed by atoms with van der Waals surface area (Å²) in [6.45, 7) is 9.35. The summed E-state index contributed by atoms with van der Waals surface area (Å²) in [5, 5.41) is 14.0. The van der Waals surface area contributed by atoms with E-state index in [2.05, 4.69) is 78.8 Å². The highest BCUT2D eigenvalue weighted by Crippen LogP contribution is 2.34. The number of aromatic amines is 1. The molecule has 3 N–H and O–H groups in total. The number of nitrogens with zero attached hydrogens (tertiary/aromatic N) is 5. The maximum absolute atomic E-state index is 6.31. The molecular weight excluding hydrogens is 472 g/mol. The van der Waals surface area contributed by atoms with Gasteiger partial charge in [0.2, 0.25) is 5.95 Å². The molecular formula is C27H31ClN8. The third-order valence-corrected chi connectivity index (χ3v) is 6.97. The van der Waals surface area contributed by atoms with Gasteiger partial charge < -0.3 is 10.6 Å². The number of nitrogens with one attached hydrogen (secondary N) is 3. The number of likely N-dealkylation sites (tertiary alicyclic amines) is 1. The first-order chi connectivity index (χ1) is 17.4. The van der Waals surface area contributed by atoms with E-state index < -0.39 is 0 Å². The average Bonchev–Trinajstić information content (AvgIpc) is 3.29. The van der Waals surface area contributed by atoms with E-state index in [0.717, 1.165) is 49.6 Å². The minimum atomic E-state index is 0.429. The summed E-state index contributed by atoms with van der Waals surface area (Å²) in [6, 6.07) is 12.5. The Hall–Kier alpha value is -3.49. The number of halogens is 1. The van der Waals surface area contributed by atoms with Crippen LogP contribution in [0.3, 0.4) is 0 Å². The zero-order chi connectivity index (χ0) is 25.1. The predicted molar refractivity (Wildman–Crippen MR) is 144 cm³/mol. The molecule has 1 aliphatic heterocycles. The summed E-state index contributed by atoms with van der Waals surface area (Å²) in [7, 11) is 0. The molecule has 0 unspecified atom stereocenters. The molecule has 186 valence electrons. The normalized spacial score (nSPS) is 14.7. The second-order valence-corrected chi connectivity index (χ2v) is 9.88. The standard InChI is InChI=1S/C27H31ClN8/c1-17-13-24(31-27-30-15-23(28)26(33-27)32-25-14-19(3)34-35-25)18(2)12-22(17)20-7-10-36(11-8-20)16-21-6-4-5-9-29-21/h4-6,9,12-15,20H,7-8,10-11,16H2,1-3H3,(H3,30,31,32,33,34,35). The minimum Gasteiger partial charge on any atom is -0.324 e. The van der Waals surface area contributed by atoms with Gasteiger partial charge in [0, 0.05) is 30.2 Å². The first-order valence-corrected chi connectivity index (χ1v) is 12.6. The number of hydrogen-bond donors (Lipinski definition) is 3. The summed E-state index contributed by atoms with van der Waals surface area (Å²) in [6.07, 6.45) is 5.77. The summed E-state index contributed by atoms with van der Waals surface area (Å²) < 4.78 is 0. The van der Waals surface area contributed by atoms with Crippen LogP contribution in [0.4, 0.5) is 23.3 Å². The molecule has 36 heavy (non-hydrogen) atoms. The zero-order valence-electron chi connectivity index (χ0n) is 20.8. The molecule has 1 saturated heterocycles. The number of anilines is 4. The molecule has 4 heterocycles. The minimum absolute atomic E-state index is 0.429. The first-order valence-electron chi connectivity index (χ1n) is 12.3. The van der Waals surface area contributed by atoms with Crippen LogP contribution in [0.5, 0.6) is 0 Å². The van der Waals surface area contributed by atoms with Crippen molar-refractivity contribution in [3.05, 3.63) is 81.9 Å². The quantitative estimate of drug-likeness (QED) is 0.283. The van der Waals surface area contributed by atoms with Crippen LogP contribution in [0, 0.1) is 20.8 Å². The lowest BCUT2D eigenvalue weighted by Gasteiger charge is -2.33. The van der Waals surface area contributed by atoms with E-state index >= 15 is 0 Å². The molecule has 0 spiro atoms. The smallest absolute Gasteiger partial charge is 0.229 e. The van der Waals surface area contributed by atoms with Gasteiger partial charge in [0.1, 0.15) is 5.02 Å². The molecule has 0 saturated carbocycles. The predicted octanol–water partition coefficient (Wildman–Crippen LogP) is 6.04. The Morgan fingerprint density at radius 3 is 2.58 bits per heavy atom. The Kier molecular flexibility index (Phi) is 7.16. The van der Waals surface area contributed by atoms with Gasteiger partial charge >= 0.3 is 0 Å². The fourth-order valence-corrected chi connectivity index (χ4v) is 4.91. The van der Waals surface area contributed by atoms with Crippen LogP contribution in [0.2, 0.25) is 5.02 Å². The Bertz CT molecular complexity index is 1330. The van der Waals surface area contributed by atoms with E-state index in [4.69, 9.17) is 11.6 Å². The molecule has 8 nitrogen and oxygen atoms in total. The lowest BCUT2D eigenvalue weighted by molar-refractivity contribution is 0.202. The number of H-pyrrole nitrogens is 1. The topological polar surface area (TPSA) is 94.7 Å². The summed E-state index contributed by atoms with van der Waals surface area (Å²) >= 11 is 6.31. The van der Waals surface area contributed by atoms with Crippen molar-refractivity contribution in [3.8, 4) is 0 Å². The second-order valence-electron chi connectivity index (χ2n) is 9.47. The van der Waals surface area contributed by atoms with Crippen molar-refractivity contribution in [2.75, 3.05) is 23.7 Å². The molecule has 0 bridgehead atoms. The maximum Gasteiger partial charge on any atom is 0.229 e. The first kappa shape index (κ1) is 24.2. The molecule has 1 aromatic carbocycles. The zero-order valence-corrected chi connectivity index (χ0v) is 21.6. The van der Waals surface area contributed by atoms with Crippen LogP contribution in [0.25, 0.3) is 0 Å². The van der Waals surface area contributed by atoms with E-state index in [0.29, 0.717) is 28.5 Å². The summed E-state index contributed by atoms with van der Waals surface area (Å²) in [5.74, 6) is 2.20. The van der Waals surface area contributed by atoms with Crippen LogP contribution >= 0.6 is 11.6 Å². The van der Waals surface area contributed by atoms with Crippen LogP contribution in [0.15, 0.2) is 48.8 Å².